The zero-order valence-corrected chi connectivity index (χ0v) is 38.3. The van der Waals surface area contributed by atoms with Crippen LogP contribution in [0.15, 0.2) is 200 Å². The Balaban J connectivity index is 1.09. The van der Waals surface area contributed by atoms with E-state index < -0.39 is 0 Å². The molecule has 0 atom stereocenters. The van der Waals surface area contributed by atoms with Crippen molar-refractivity contribution < 1.29 is 0 Å². The minimum Gasteiger partial charge on any atom is -0.277 e. The van der Waals surface area contributed by atoms with Crippen molar-refractivity contribution in [2.75, 3.05) is 0 Å². The van der Waals surface area contributed by atoms with Crippen molar-refractivity contribution in [1.29, 1.82) is 0 Å². The summed E-state index contributed by atoms with van der Waals surface area (Å²) in [6.07, 6.45) is 0. The number of hydrogen-bond donors (Lipinski definition) is 0. The molecule has 0 N–H and O–H groups in total. The van der Waals surface area contributed by atoms with E-state index in [9.17, 15) is 0 Å². The highest BCUT2D eigenvalue weighted by molar-refractivity contribution is 6.16. The Labute approximate surface area is 394 Å². The molecule has 0 radical (unpaired) electrons. The van der Waals surface area contributed by atoms with Crippen molar-refractivity contribution in [3.63, 3.8) is 0 Å². The Morgan fingerprint density at radius 2 is 0.676 bits per heavy atom. The van der Waals surface area contributed by atoms with Gasteiger partial charge in [-0.15, -0.1) is 0 Å². The van der Waals surface area contributed by atoms with Crippen LogP contribution in [0.5, 0.6) is 0 Å². The molecule has 2 aliphatic carbocycles. The standard InChI is InChI=1S/C63H45N5/c1-62(2)49-32-12-8-24-47(49)55-41(26-18-34-51(55)62)45-30-16-28-43-39-22-10-14-36-53(39)67(57(43)45)60-64-59(38-20-6-5-7-21-38)65-61(66-60)68-54-37-15-11-23-40(54)44-29-17-31-46(58(44)68)42-27-19-35-52-56(42)48-25-9-13-33-50(48)63(52,3)4/h5-37H,1-4H3. The zero-order chi connectivity index (χ0) is 45.5. The van der Waals surface area contributed by atoms with Crippen LogP contribution in [-0.4, -0.2) is 24.1 Å². The molecule has 0 amide bonds. The maximum atomic E-state index is 5.68. The predicted octanol–water partition coefficient (Wildman–Crippen LogP) is 15.7. The molecule has 322 valence electrons. The number of benzene rings is 9. The van der Waals surface area contributed by atoms with E-state index in [1.54, 1.807) is 0 Å². The topological polar surface area (TPSA) is 48.5 Å². The van der Waals surface area contributed by atoms with Gasteiger partial charge in [0.15, 0.2) is 5.82 Å². The van der Waals surface area contributed by atoms with E-state index in [1.807, 2.05) is 6.07 Å². The zero-order valence-electron chi connectivity index (χ0n) is 38.3. The number of fused-ring (bicyclic) bond motifs is 12. The molecule has 9 aromatic carbocycles. The molecule has 0 aliphatic heterocycles. The first kappa shape index (κ1) is 38.8. The predicted molar refractivity (Wildman–Crippen MR) is 280 cm³/mol. The third-order valence-corrected chi connectivity index (χ3v) is 15.2. The molecule has 0 spiro atoms. The van der Waals surface area contributed by atoms with E-state index in [-0.39, 0.29) is 10.8 Å². The van der Waals surface area contributed by atoms with E-state index >= 15 is 0 Å². The average molecular weight is 872 g/mol. The lowest BCUT2D eigenvalue weighted by Gasteiger charge is -2.22. The van der Waals surface area contributed by atoms with E-state index in [0.717, 1.165) is 60.3 Å². The second kappa shape index (κ2) is 14.1. The van der Waals surface area contributed by atoms with Crippen LogP contribution in [0.1, 0.15) is 49.9 Å². The van der Waals surface area contributed by atoms with Crippen molar-refractivity contribution in [3.05, 3.63) is 222 Å². The highest BCUT2D eigenvalue weighted by atomic mass is 15.3. The second-order valence-corrected chi connectivity index (χ2v) is 19.5. The van der Waals surface area contributed by atoms with Crippen molar-refractivity contribution in [1.82, 2.24) is 24.1 Å². The lowest BCUT2D eigenvalue weighted by molar-refractivity contribution is 0.660. The van der Waals surface area contributed by atoms with Gasteiger partial charge in [-0.2, -0.15) is 15.0 Å². The van der Waals surface area contributed by atoms with E-state index in [2.05, 4.69) is 231 Å². The van der Waals surface area contributed by atoms with Gasteiger partial charge in [0.25, 0.3) is 0 Å². The summed E-state index contributed by atoms with van der Waals surface area (Å²) in [5.41, 5.74) is 20.0. The van der Waals surface area contributed by atoms with Crippen LogP contribution in [0.4, 0.5) is 0 Å². The summed E-state index contributed by atoms with van der Waals surface area (Å²) in [6, 6.07) is 72.6. The van der Waals surface area contributed by atoms with Crippen LogP contribution in [0.3, 0.4) is 0 Å². The normalized spacial score (nSPS) is 14.1. The number of para-hydroxylation sites is 4. The minimum absolute atomic E-state index is 0.142. The molecule has 0 bridgehead atoms. The molecule has 2 aliphatic rings. The van der Waals surface area contributed by atoms with Crippen molar-refractivity contribution in [3.8, 4) is 67.8 Å². The summed E-state index contributed by atoms with van der Waals surface area (Å²) in [4.78, 5) is 16.6. The van der Waals surface area contributed by atoms with Gasteiger partial charge in [-0.1, -0.05) is 216 Å². The Hall–Kier alpha value is -8.41. The first-order valence-corrected chi connectivity index (χ1v) is 23.6. The van der Waals surface area contributed by atoms with Crippen LogP contribution in [0.2, 0.25) is 0 Å². The third kappa shape index (κ3) is 5.24. The van der Waals surface area contributed by atoms with Crippen molar-refractivity contribution in [2.45, 2.75) is 38.5 Å². The second-order valence-electron chi connectivity index (χ2n) is 19.5. The minimum atomic E-state index is -0.142. The van der Waals surface area contributed by atoms with Crippen molar-refractivity contribution in [2.24, 2.45) is 0 Å². The van der Waals surface area contributed by atoms with Crippen molar-refractivity contribution >= 4 is 43.6 Å². The molecule has 5 heteroatoms. The Morgan fingerprint density at radius 1 is 0.309 bits per heavy atom. The number of aromatic nitrogens is 5. The maximum absolute atomic E-state index is 5.68. The Kier molecular flexibility index (Phi) is 8.02. The molecule has 5 nitrogen and oxygen atoms in total. The smallest absolute Gasteiger partial charge is 0.240 e. The van der Waals surface area contributed by atoms with Crippen LogP contribution >= 0.6 is 0 Å². The molecule has 0 fully saturated rings. The van der Waals surface area contributed by atoms with Crippen LogP contribution in [-0.2, 0) is 10.8 Å². The van der Waals surface area contributed by atoms with Gasteiger partial charge in [0, 0.05) is 49.1 Å². The van der Waals surface area contributed by atoms with E-state index in [1.165, 1.54) is 55.6 Å². The molecular weight excluding hydrogens is 827 g/mol. The lowest BCUT2D eigenvalue weighted by Crippen LogP contribution is -2.14. The van der Waals surface area contributed by atoms with Gasteiger partial charge in [0.1, 0.15) is 0 Å². The molecule has 12 aromatic rings. The summed E-state index contributed by atoms with van der Waals surface area (Å²) in [6.45, 7) is 9.39. The SMILES string of the molecule is CC1(C)c2ccccc2-c2c(-c3cccc4c5ccccc5n(-c5nc(-c6ccccc6)nc(-n6c7ccccc7c7cccc(-c8cccc9c8-c8ccccc8C9(C)C)c76)n5)c34)cccc21. The highest BCUT2D eigenvalue weighted by Gasteiger charge is 2.38. The van der Waals surface area contributed by atoms with Gasteiger partial charge in [0.05, 0.1) is 22.1 Å². The molecule has 0 unspecified atom stereocenters. The molecule has 0 saturated carbocycles. The van der Waals surface area contributed by atoms with Gasteiger partial charge in [-0.25, -0.2) is 0 Å². The molecule has 0 saturated heterocycles. The lowest BCUT2D eigenvalue weighted by atomic mass is 9.82. The summed E-state index contributed by atoms with van der Waals surface area (Å²) < 4.78 is 4.59. The fourth-order valence-corrected chi connectivity index (χ4v) is 12.1. The van der Waals surface area contributed by atoms with Gasteiger partial charge in [-0.05, 0) is 67.8 Å². The fourth-order valence-electron chi connectivity index (χ4n) is 12.1. The molecule has 3 aromatic heterocycles. The molecule has 14 rings (SSSR count). The quantitative estimate of drug-likeness (QED) is 0.173. The van der Waals surface area contributed by atoms with Gasteiger partial charge in [0.2, 0.25) is 11.9 Å². The summed E-state index contributed by atoms with van der Waals surface area (Å²) >= 11 is 0. The number of hydrogen-bond acceptors (Lipinski definition) is 3. The number of rotatable bonds is 5. The average Bonchev–Trinajstić information content (AvgIpc) is 4.06. The fraction of sp³-hybridized carbons (Fsp3) is 0.0952. The molecular formula is C63H45N5. The number of nitrogens with zero attached hydrogens (tertiary/aromatic N) is 5. The first-order valence-electron chi connectivity index (χ1n) is 23.6. The summed E-state index contributed by atoms with van der Waals surface area (Å²) in [7, 11) is 0. The van der Waals surface area contributed by atoms with Crippen LogP contribution in [0.25, 0.3) is 111 Å². The summed E-state index contributed by atoms with van der Waals surface area (Å²) in [5.74, 6) is 1.71. The third-order valence-electron chi connectivity index (χ3n) is 15.2. The largest absolute Gasteiger partial charge is 0.277 e. The van der Waals surface area contributed by atoms with E-state index in [4.69, 9.17) is 15.0 Å². The maximum Gasteiger partial charge on any atom is 0.240 e. The highest BCUT2D eigenvalue weighted by Crippen LogP contribution is 2.55. The van der Waals surface area contributed by atoms with Gasteiger partial charge < -0.3 is 0 Å². The van der Waals surface area contributed by atoms with Crippen LogP contribution < -0.4 is 0 Å². The molecule has 3 heterocycles. The monoisotopic (exact) mass is 871 g/mol. The molecule has 68 heavy (non-hydrogen) atoms. The van der Waals surface area contributed by atoms with Crippen LogP contribution in [0, 0.1) is 0 Å². The Morgan fingerprint density at radius 3 is 1.18 bits per heavy atom. The Bertz CT molecular complexity index is 3850. The summed E-state index contributed by atoms with van der Waals surface area (Å²) in [5, 5.41) is 4.57. The van der Waals surface area contributed by atoms with Gasteiger partial charge >= 0.3 is 0 Å². The van der Waals surface area contributed by atoms with Gasteiger partial charge in [-0.3, -0.25) is 9.13 Å². The first-order chi connectivity index (χ1) is 33.3. The van der Waals surface area contributed by atoms with E-state index in [0.29, 0.717) is 17.7 Å².